The molecule has 0 aliphatic heterocycles. The van der Waals surface area contributed by atoms with Gasteiger partial charge in [0.15, 0.2) is 5.78 Å². The lowest BCUT2D eigenvalue weighted by atomic mass is 9.90. The Kier molecular flexibility index (Phi) is 9.68. The van der Waals surface area contributed by atoms with Crippen LogP contribution >= 0.6 is 11.3 Å². The molecule has 33 heavy (non-hydrogen) atoms. The van der Waals surface area contributed by atoms with Gasteiger partial charge >= 0.3 is 5.97 Å². The fraction of sp³-hybridized carbons (Fsp3) is 0.391. The number of hydrogen-bond acceptors (Lipinski definition) is 7. The van der Waals surface area contributed by atoms with Crippen molar-refractivity contribution < 1.29 is 28.3 Å². The highest BCUT2D eigenvalue weighted by Crippen LogP contribution is 2.34. The Morgan fingerprint density at radius 1 is 1.12 bits per heavy atom. The number of ether oxygens (including phenoxy) is 1. The molecule has 4 N–H and O–H groups in total. The van der Waals surface area contributed by atoms with Crippen LogP contribution < -0.4 is 16.4 Å². The zero-order valence-corrected chi connectivity index (χ0v) is 19.6. The Balaban J connectivity index is 2.22. The molecule has 2 amide bonds. The summed E-state index contributed by atoms with van der Waals surface area (Å²) in [6.07, 6.45) is 0.861. The van der Waals surface area contributed by atoms with Gasteiger partial charge < -0.3 is 21.1 Å². The topological polar surface area (TPSA) is 128 Å². The molecule has 0 bridgehead atoms. The lowest BCUT2D eigenvalue weighted by Gasteiger charge is -2.14. The van der Waals surface area contributed by atoms with E-state index in [2.05, 4.69) is 10.6 Å². The van der Waals surface area contributed by atoms with Crippen LogP contribution in [0, 0.1) is 12.7 Å². The number of nitrogens with one attached hydrogen (secondary N) is 2. The highest BCUT2D eigenvalue weighted by molar-refractivity contribution is 7.14. The van der Waals surface area contributed by atoms with Crippen LogP contribution in [0.1, 0.15) is 55.3 Å². The SMILES string of the molecule is CCC(C(=O)c1sc(CCNC(=O)CNC(=O)CN)c(C)c1C(=O)OC)c1ccc(F)cc1. The molecule has 1 unspecified atom stereocenters. The van der Waals surface area contributed by atoms with Gasteiger partial charge in [-0.05, 0) is 43.0 Å². The van der Waals surface area contributed by atoms with Crippen molar-refractivity contribution in [3.05, 3.63) is 56.5 Å². The molecule has 0 fully saturated rings. The third kappa shape index (κ3) is 6.69. The van der Waals surface area contributed by atoms with Gasteiger partial charge in [0.2, 0.25) is 11.8 Å². The second-order valence-electron chi connectivity index (χ2n) is 7.30. The maximum atomic E-state index is 13.4. The number of amides is 2. The number of Topliss-reactive ketones (excluding diaryl/α,β-unsaturated/α-hetero) is 1. The number of thiophene rings is 1. The summed E-state index contributed by atoms with van der Waals surface area (Å²) < 4.78 is 18.2. The van der Waals surface area contributed by atoms with Gasteiger partial charge in [-0.3, -0.25) is 14.4 Å². The van der Waals surface area contributed by atoms with Crippen molar-refractivity contribution in [2.24, 2.45) is 5.73 Å². The van der Waals surface area contributed by atoms with E-state index >= 15 is 0 Å². The van der Waals surface area contributed by atoms with Crippen LogP contribution in [0.2, 0.25) is 0 Å². The minimum atomic E-state index is -0.610. The number of hydrogen-bond donors (Lipinski definition) is 3. The Morgan fingerprint density at radius 3 is 2.36 bits per heavy atom. The first-order valence-electron chi connectivity index (χ1n) is 10.5. The average molecular weight is 478 g/mol. The van der Waals surface area contributed by atoms with Gasteiger partial charge in [-0.15, -0.1) is 11.3 Å². The number of carbonyl (C=O) groups excluding carboxylic acids is 4. The summed E-state index contributed by atoms with van der Waals surface area (Å²) in [5.41, 5.74) is 6.68. The first-order chi connectivity index (χ1) is 15.7. The Labute approximate surface area is 195 Å². The van der Waals surface area contributed by atoms with Crippen molar-refractivity contribution >= 4 is 34.9 Å². The molecule has 0 aliphatic rings. The van der Waals surface area contributed by atoms with Crippen LogP contribution in [-0.4, -0.2) is 50.3 Å². The predicted octanol–water partition coefficient (Wildman–Crippen LogP) is 2.09. The molecule has 178 valence electrons. The van der Waals surface area contributed by atoms with Gasteiger partial charge in [0.1, 0.15) is 5.82 Å². The number of nitrogens with two attached hydrogens (primary N) is 1. The summed E-state index contributed by atoms with van der Waals surface area (Å²) >= 11 is 1.19. The third-order valence-electron chi connectivity index (χ3n) is 5.16. The van der Waals surface area contributed by atoms with Crippen LogP contribution in [0.25, 0.3) is 0 Å². The molecule has 10 heteroatoms. The molecule has 1 atom stereocenters. The molecule has 2 rings (SSSR count). The van der Waals surface area contributed by atoms with E-state index in [4.69, 9.17) is 10.5 Å². The monoisotopic (exact) mass is 477 g/mol. The minimum Gasteiger partial charge on any atom is -0.465 e. The fourth-order valence-corrected chi connectivity index (χ4v) is 4.66. The smallest absolute Gasteiger partial charge is 0.339 e. The van der Waals surface area contributed by atoms with Crippen LogP contribution in [0.5, 0.6) is 0 Å². The van der Waals surface area contributed by atoms with Gasteiger partial charge in [-0.25, -0.2) is 9.18 Å². The molecule has 8 nitrogen and oxygen atoms in total. The molecule has 0 saturated carbocycles. The van der Waals surface area contributed by atoms with Crippen molar-refractivity contribution in [2.75, 3.05) is 26.7 Å². The summed E-state index contributed by atoms with van der Waals surface area (Å²) in [7, 11) is 1.25. The van der Waals surface area contributed by atoms with Gasteiger partial charge in [0.25, 0.3) is 0 Å². The second kappa shape index (κ2) is 12.2. The highest BCUT2D eigenvalue weighted by Gasteiger charge is 2.30. The van der Waals surface area contributed by atoms with E-state index in [9.17, 15) is 23.6 Å². The van der Waals surface area contributed by atoms with Crippen LogP contribution in [0.3, 0.4) is 0 Å². The number of carbonyl (C=O) groups is 4. The normalized spacial score (nSPS) is 11.5. The average Bonchev–Trinajstić information content (AvgIpc) is 3.14. The molecule has 0 saturated heterocycles. The number of ketones is 1. The number of methoxy groups -OCH3 is 1. The number of benzene rings is 1. The van der Waals surface area contributed by atoms with Gasteiger partial charge in [-0.2, -0.15) is 0 Å². The standard InChI is InChI=1S/C23H28FN3O5S/c1-4-16(14-5-7-15(24)8-6-14)21(30)22-20(23(31)32-3)13(2)17(33-22)9-10-26-19(29)12-27-18(28)11-25/h5-8,16H,4,9-12,25H2,1-3H3,(H,26,29)(H,27,28). The Morgan fingerprint density at radius 2 is 1.79 bits per heavy atom. The van der Waals surface area contributed by atoms with Gasteiger partial charge in [0, 0.05) is 17.3 Å². The van der Waals surface area contributed by atoms with Crippen molar-refractivity contribution in [3.8, 4) is 0 Å². The first kappa shape index (κ1) is 26.1. The van der Waals surface area contributed by atoms with E-state index in [1.54, 1.807) is 19.1 Å². The molecule has 0 aliphatic carbocycles. The van der Waals surface area contributed by atoms with Gasteiger partial charge in [-0.1, -0.05) is 19.1 Å². The van der Waals surface area contributed by atoms with E-state index in [1.165, 1.54) is 30.6 Å². The highest BCUT2D eigenvalue weighted by atomic mass is 32.1. The molecule has 1 heterocycles. The number of halogens is 1. The predicted molar refractivity (Wildman–Crippen MR) is 123 cm³/mol. The molecular weight excluding hydrogens is 449 g/mol. The molecule has 0 radical (unpaired) electrons. The molecule has 0 spiro atoms. The lowest BCUT2D eigenvalue weighted by Crippen LogP contribution is -2.40. The number of rotatable bonds is 11. The third-order valence-corrected chi connectivity index (χ3v) is 6.53. The van der Waals surface area contributed by atoms with E-state index in [0.717, 1.165) is 4.88 Å². The molecule has 1 aromatic heterocycles. The van der Waals surface area contributed by atoms with E-state index in [-0.39, 0.29) is 41.8 Å². The van der Waals surface area contributed by atoms with Crippen LogP contribution in [0.15, 0.2) is 24.3 Å². The minimum absolute atomic E-state index is 0.188. The Hall–Kier alpha value is -3.11. The maximum absolute atomic E-state index is 13.4. The molecule has 1 aromatic carbocycles. The van der Waals surface area contributed by atoms with E-state index < -0.39 is 23.6 Å². The van der Waals surface area contributed by atoms with Crippen molar-refractivity contribution in [1.82, 2.24) is 10.6 Å². The second-order valence-corrected chi connectivity index (χ2v) is 8.41. The quantitative estimate of drug-likeness (QED) is 0.336. The molecule has 2 aromatic rings. The first-order valence-corrected chi connectivity index (χ1v) is 11.3. The van der Waals surface area contributed by atoms with Crippen LogP contribution in [-0.2, 0) is 20.7 Å². The zero-order valence-electron chi connectivity index (χ0n) is 18.8. The summed E-state index contributed by atoms with van der Waals surface area (Å²) in [6.45, 7) is 3.45. The van der Waals surface area contributed by atoms with E-state index in [1.807, 2.05) is 6.92 Å². The zero-order chi connectivity index (χ0) is 24.5. The van der Waals surface area contributed by atoms with Crippen LogP contribution in [0.4, 0.5) is 4.39 Å². The number of esters is 1. The summed E-state index contributed by atoms with van der Waals surface area (Å²) in [5, 5.41) is 5.06. The van der Waals surface area contributed by atoms with Crippen molar-refractivity contribution in [1.29, 1.82) is 0 Å². The Bertz CT molecular complexity index is 1020. The summed E-state index contributed by atoms with van der Waals surface area (Å²) in [5.74, 6) is -2.59. The van der Waals surface area contributed by atoms with Crippen molar-refractivity contribution in [2.45, 2.75) is 32.6 Å². The molecular formula is C23H28FN3O5S. The van der Waals surface area contributed by atoms with Gasteiger partial charge in [0.05, 0.1) is 30.6 Å². The lowest BCUT2D eigenvalue weighted by molar-refractivity contribution is -0.125. The maximum Gasteiger partial charge on any atom is 0.339 e. The largest absolute Gasteiger partial charge is 0.465 e. The summed E-state index contributed by atoms with van der Waals surface area (Å²) in [6, 6.07) is 5.74. The fourth-order valence-electron chi connectivity index (χ4n) is 3.38. The summed E-state index contributed by atoms with van der Waals surface area (Å²) in [4.78, 5) is 50.0. The van der Waals surface area contributed by atoms with E-state index in [0.29, 0.717) is 24.0 Å². The van der Waals surface area contributed by atoms with Crippen molar-refractivity contribution in [3.63, 3.8) is 0 Å².